The number of carbonyl (C=O) groups excluding carboxylic acids is 1. The maximum Gasteiger partial charge on any atom is 0.314 e. The molecule has 7 nitrogen and oxygen atoms in total. The van der Waals surface area contributed by atoms with Crippen molar-refractivity contribution >= 4 is 41.0 Å². The highest BCUT2D eigenvalue weighted by Gasteiger charge is 2.25. The van der Waals surface area contributed by atoms with Gasteiger partial charge in [-0.1, -0.05) is 29.3 Å². The number of piperidine rings is 1. The van der Waals surface area contributed by atoms with E-state index in [0.29, 0.717) is 22.8 Å². The van der Waals surface area contributed by atoms with Crippen molar-refractivity contribution in [2.75, 3.05) is 37.0 Å². The first-order chi connectivity index (χ1) is 17.2. The number of hydrogen-bond acceptors (Lipinski definition) is 6. The van der Waals surface area contributed by atoms with Crippen LogP contribution in [0.25, 0.3) is 11.5 Å². The predicted molar refractivity (Wildman–Crippen MR) is 132 cm³/mol. The van der Waals surface area contributed by atoms with Gasteiger partial charge in [0.15, 0.2) is 0 Å². The van der Waals surface area contributed by atoms with Crippen LogP contribution in [0.4, 0.5) is 24.5 Å². The minimum Gasteiger partial charge on any atom is -0.415 e. The summed E-state index contributed by atoms with van der Waals surface area (Å²) in [7, 11) is 4.01. The third-order valence-electron chi connectivity index (χ3n) is 6.34. The summed E-state index contributed by atoms with van der Waals surface area (Å²) in [5.74, 6) is -1.74. The molecule has 0 atom stereocenters. The summed E-state index contributed by atoms with van der Waals surface area (Å²) in [6.07, 6.45) is -0.449. The molecule has 192 valence electrons. The molecule has 4 rings (SSSR count). The molecule has 0 bridgehead atoms. The molecular formula is C24H24Cl2F3N5O2. The summed E-state index contributed by atoms with van der Waals surface area (Å²) in [4.78, 5) is 17.9. The lowest BCUT2D eigenvalue weighted by Crippen LogP contribution is -2.42. The van der Waals surface area contributed by atoms with Crippen LogP contribution in [-0.4, -0.2) is 54.7 Å². The van der Waals surface area contributed by atoms with Crippen LogP contribution in [0, 0.1) is 5.82 Å². The van der Waals surface area contributed by atoms with E-state index in [-0.39, 0.29) is 34.6 Å². The zero-order chi connectivity index (χ0) is 26.0. The van der Waals surface area contributed by atoms with E-state index in [4.69, 9.17) is 27.6 Å². The van der Waals surface area contributed by atoms with Crippen LogP contribution in [0.1, 0.15) is 30.7 Å². The van der Waals surface area contributed by atoms with Gasteiger partial charge in [0.25, 0.3) is 5.89 Å². The number of likely N-dealkylation sites (tertiary alicyclic amines) is 1. The second kappa shape index (κ2) is 11.1. The Labute approximate surface area is 216 Å². The zero-order valence-corrected chi connectivity index (χ0v) is 21.1. The van der Waals surface area contributed by atoms with Crippen molar-refractivity contribution in [1.29, 1.82) is 0 Å². The smallest absolute Gasteiger partial charge is 0.314 e. The van der Waals surface area contributed by atoms with Gasteiger partial charge in [-0.15, -0.1) is 10.2 Å². The quantitative estimate of drug-likeness (QED) is 0.335. The van der Waals surface area contributed by atoms with Gasteiger partial charge in [0.05, 0.1) is 28.0 Å². The minimum atomic E-state index is -2.93. The molecule has 2 aromatic carbocycles. The van der Waals surface area contributed by atoms with Crippen molar-refractivity contribution in [2.45, 2.75) is 31.9 Å². The third kappa shape index (κ3) is 5.61. The molecule has 0 radical (unpaired) electrons. The van der Waals surface area contributed by atoms with Crippen LogP contribution in [0.5, 0.6) is 0 Å². The molecule has 1 aliphatic heterocycles. The van der Waals surface area contributed by atoms with Crippen LogP contribution < -0.4 is 9.80 Å². The van der Waals surface area contributed by atoms with E-state index in [1.807, 2.05) is 7.05 Å². The molecule has 0 N–H and O–H groups in total. The molecule has 0 aliphatic carbocycles. The molecule has 0 spiro atoms. The Balaban J connectivity index is 1.61. The standard InChI is InChI=1S/C24H24Cl2F3N5O2/c1-32-7-5-16(6-8-32)33(2)20-10-17(25)18(26)11-21(20)34(13-35)12-15-4-3-14(9-19(15)27)23-30-31-24(36-23)22(28)29/h3-4,9-11,13,16,22H,5-8,12H2,1-2H3. The topological polar surface area (TPSA) is 65.7 Å². The zero-order valence-electron chi connectivity index (χ0n) is 19.6. The highest BCUT2D eigenvalue weighted by atomic mass is 35.5. The molecule has 36 heavy (non-hydrogen) atoms. The molecule has 0 unspecified atom stereocenters. The Morgan fingerprint density at radius 3 is 2.39 bits per heavy atom. The largest absolute Gasteiger partial charge is 0.415 e. The number of nitrogens with zero attached hydrogens (tertiary/aromatic N) is 5. The lowest BCUT2D eigenvalue weighted by atomic mass is 10.0. The predicted octanol–water partition coefficient (Wildman–Crippen LogP) is 5.81. The molecule has 0 saturated carbocycles. The number of alkyl halides is 2. The van der Waals surface area contributed by atoms with Gasteiger partial charge in [-0.25, -0.2) is 4.39 Å². The van der Waals surface area contributed by atoms with Crippen LogP contribution >= 0.6 is 23.2 Å². The number of halogens is 5. The van der Waals surface area contributed by atoms with Gasteiger partial charge in [0.2, 0.25) is 12.3 Å². The fourth-order valence-electron chi connectivity index (χ4n) is 4.23. The van der Waals surface area contributed by atoms with Gasteiger partial charge in [-0.3, -0.25) is 4.79 Å². The lowest BCUT2D eigenvalue weighted by Gasteiger charge is -2.38. The van der Waals surface area contributed by atoms with Crippen molar-refractivity contribution in [3.63, 3.8) is 0 Å². The average Bonchev–Trinajstić information content (AvgIpc) is 3.36. The van der Waals surface area contributed by atoms with Crippen LogP contribution in [0.2, 0.25) is 10.0 Å². The highest BCUT2D eigenvalue weighted by molar-refractivity contribution is 6.42. The van der Waals surface area contributed by atoms with E-state index >= 15 is 4.39 Å². The highest BCUT2D eigenvalue weighted by Crippen LogP contribution is 2.39. The van der Waals surface area contributed by atoms with E-state index in [1.165, 1.54) is 17.0 Å². The van der Waals surface area contributed by atoms with E-state index < -0.39 is 18.1 Å². The minimum absolute atomic E-state index is 0.103. The molecule has 1 aliphatic rings. The Kier molecular flexibility index (Phi) is 8.07. The fourth-order valence-corrected chi connectivity index (χ4v) is 4.54. The van der Waals surface area contributed by atoms with E-state index in [9.17, 15) is 13.6 Å². The van der Waals surface area contributed by atoms with Crippen LogP contribution in [0.15, 0.2) is 34.7 Å². The molecule has 3 aromatic rings. The summed E-state index contributed by atoms with van der Waals surface area (Å²) in [6.45, 7) is 1.78. The number of benzene rings is 2. The molecule has 1 fully saturated rings. The monoisotopic (exact) mass is 541 g/mol. The van der Waals surface area contributed by atoms with Gasteiger partial charge >= 0.3 is 6.43 Å². The second-order valence-electron chi connectivity index (χ2n) is 8.69. The van der Waals surface area contributed by atoms with E-state index in [2.05, 4.69) is 27.0 Å². The van der Waals surface area contributed by atoms with Crippen molar-refractivity contribution in [3.05, 3.63) is 57.6 Å². The van der Waals surface area contributed by atoms with Gasteiger partial charge in [-0.05, 0) is 57.2 Å². The molecule has 1 saturated heterocycles. The lowest BCUT2D eigenvalue weighted by molar-refractivity contribution is -0.107. The second-order valence-corrected chi connectivity index (χ2v) is 9.50. The van der Waals surface area contributed by atoms with Crippen molar-refractivity contribution in [3.8, 4) is 11.5 Å². The fraction of sp³-hybridized carbons (Fsp3) is 0.375. The van der Waals surface area contributed by atoms with E-state index in [1.54, 1.807) is 12.1 Å². The summed E-state index contributed by atoms with van der Waals surface area (Å²) in [6, 6.07) is 7.53. The number of hydrogen-bond donors (Lipinski definition) is 0. The van der Waals surface area contributed by atoms with Gasteiger partial charge in [0.1, 0.15) is 5.82 Å². The van der Waals surface area contributed by atoms with Gasteiger partial charge in [0, 0.05) is 24.2 Å². The maximum atomic E-state index is 15.0. The summed E-state index contributed by atoms with van der Waals surface area (Å²) in [5.41, 5.74) is 1.53. The number of amides is 1. The molecule has 12 heteroatoms. The Morgan fingerprint density at radius 1 is 1.14 bits per heavy atom. The molecule has 2 heterocycles. The van der Waals surface area contributed by atoms with Crippen molar-refractivity contribution < 1.29 is 22.4 Å². The van der Waals surface area contributed by atoms with Gasteiger partial charge in [-0.2, -0.15) is 8.78 Å². The normalized spacial score (nSPS) is 14.9. The van der Waals surface area contributed by atoms with Crippen molar-refractivity contribution in [2.24, 2.45) is 0 Å². The Hall–Kier alpha value is -2.82. The number of rotatable bonds is 8. The number of carbonyl (C=O) groups is 1. The number of aromatic nitrogens is 2. The molecule has 1 amide bonds. The Morgan fingerprint density at radius 2 is 1.81 bits per heavy atom. The van der Waals surface area contributed by atoms with E-state index in [0.717, 1.165) is 32.0 Å². The molecule has 1 aromatic heterocycles. The summed E-state index contributed by atoms with van der Waals surface area (Å²) < 4.78 is 45.3. The SMILES string of the molecule is CN1CCC(N(C)c2cc(Cl)c(Cl)cc2N(C=O)Cc2ccc(-c3nnc(C(F)F)o3)cc2F)CC1. The first kappa shape index (κ1) is 26.2. The Bertz CT molecular complexity index is 1230. The average molecular weight is 542 g/mol. The van der Waals surface area contributed by atoms with Crippen LogP contribution in [0.3, 0.4) is 0 Å². The summed E-state index contributed by atoms with van der Waals surface area (Å²) >= 11 is 12.6. The van der Waals surface area contributed by atoms with Gasteiger partial charge < -0.3 is 19.1 Å². The first-order valence-corrected chi connectivity index (χ1v) is 12.0. The third-order valence-corrected chi connectivity index (χ3v) is 7.06. The first-order valence-electron chi connectivity index (χ1n) is 11.2. The number of anilines is 2. The maximum absolute atomic E-state index is 15.0. The molecular weight excluding hydrogens is 518 g/mol. The summed E-state index contributed by atoms with van der Waals surface area (Å²) in [5, 5.41) is 7.40. The van der Waals surface area contributed by atoms with Crippen molar-refractivity contribution in [1.82, 2.24) is 15.1 Å². The van der Waals surface area contributed by atoms with Crippen LogP contribution in [-0.2, 0) is 11.3 Å².